The number of rotatable bonds is 5. The predicted octanol–water partition coefficient (Wildman–Crippen LogP) is 0.166. The van der Waals surface area contributed by atoms with E-state index in [4.69, 9.17) is 0 Å². The van der Waals surface area contributed by atoms with Crippen LogP contribution in [0.1, 0.15) is 19.8 Å². The average molecular weight is 214 g/mol. The number of carbonyl (C=O) groups excluding carboxylic acids is 1. The van der Waals surface area contributed by atoms with Gasteiger partial charge in [-0.2, -0.15) is 0 Å². The molecular formula is C11H22N2O2. The molecule has 0 unspecified atom stereocenters. The number of nitrogens with zero attached hydrogens (tertiary/aromatic N) is 2. The molecule has 1 rings (SSSR count). The molecule has 1 amide bonds. The van der Waals surface area contributed by atoms with Gasteiger partial charge in [0.2, 0.25) is 5.91 Å². The number of hydrogen-bond acceptors (Lipinski definition) is 3. The lowest BCUT2D eigenvalue weighted by atomic mass is 10.2. The second kappa shape index (κ2) is 4.94. The van der Waals surface area contributed by atoms with Gasteiger partial charge in [0.15, 0.2) is 0 Å². The molecule has 0 spiro atoms. The Bertz CT molecular complexity index is 227. The third-order valence-corrected chi connectivity index (χ3v) is 3.10. The third-order valence-electron chi connectivity index (χ3n) is 3.10. The molecule has 88 valence electrons. The van der Waals surface area contributed by atoms with Crippen molar-refractivity contribution in [2.45, 2.75) is 31.9 Å². The van der Waals surface area contributed by atoms with E-state index in [0.29, 0.717) is 12.5 Å². The van der Waals surface area contributed by atoms with E-state index in [1.165, 1.54) is 0 Å². The van der Waals surface area contributed by atoms with E-state index in [-0.39, 0.29) is 18.1 Å². The van der Waals surface area contributed by atoms with Crippen LogP contribution in [0, 0.1) is 5.92 Å². The standard InChI is InChI=1S/C11H22N2O2/c1-8(11(15)12(2)3)13(4)7-10(14)9-5-6-9/h8-10,14H,5-7H2,1-4H3/t8-,10+/m0/s1. The third kappa shape index (κ3) is 3.47. The minimum absolute atomic E-state index is 0.0838. The Kier molecular flexibility index (Phi) is 4.11. The van der Waals surface area contributed by atoms with Crippen LogP contribution in [0.25, 0.3) is 0 Å². The molecule has 0 aromatic heterocycles. The van der Waals surface area contributed by atoms with E-state index in [2.05, 4.69) is 0 Å². The smallest absolute Gasteiger partial charge is 0.239 e. The summed E-state index contributed by atoms with van der Waals surface area (Å²) in [4.78, 5) is 15.2. The number of hydrogen-bond donors (Lipinski definition) is 1. The SMILES string of the molecule is C[C@@H](C(=O)N(C)C)N(C)C[C@@H](O)C1CC1. The summed E-state index contributed by atoms with van der Waals surface area (Å²) in [6, 6.07) is -0.159. The van der Waals surface area contributed by atoms with Crippen molar-refractivity contribution in [3.05, 3.63) is 0 Å². The van der Waals surface area contributed by atoms with Gasteiger partial charge in [-0.3, -0.25) is 9.69 Å². The Hall–Kier alpha value is -0.610. The molecule has 1 aliphatic rings. The van der Waals surface area contributed by atoms with E-state index in [0.717, 1.165) is 12.8 Å². The highest BCUT2D eigenvalue weighted by atomic mass is 16.3. The molecule has 4 heteroatoms. The van der Waals surface area contributed by atoms with E-state index in [1.54, 1.807) is 19.0 Å². The molecule has 0 saturated heterocycles. The van der Waals surface area contributed by atoms with Crippen molar-refractivity contribution in [1.29, 1.82) is 0 Å². The normalized spacial score (nSPS) is 20.1. The zero-order valence-electron chi connectivity index (χ0n) is 10.1. The first-order valence-corrected chi connectivity index (χ1v) is 5.53. The molecule has 1 saturated carbocycles. The molecule has 1 aliphatic carbocycles. The molecule has 2 atom stereocenters. The quantitative estimate of drug-likeness (QED) is 0.709. The molecule has 15 heavy (non-hydrogen) atoms. The van der Waals surface area contributed by atoms with Crippen molar-refractivity contribution in [3.63, 3.8) is 0 Å². The summed E-state index contributed by atoms with van der Waals surface area (Å²) in [5.74, 6) is 0.551. The van der Waals surface area contributed by atoms with Gasteiger partial charge in [-0.15, -0.1) is 0 Å². The Morgan fingerprint density at radius 1 is 1.40 bits per heavy atom. The predicted molar refractivity (Wildman–Crippen MR) is 59.5 cm³/mol. The fourth-order valence-electron chi connectivity index (χ4n) is 1.65. The van der Waals surface area contributed by atoms with Crippen molar-refractivity contribution in [3.8, 4) is 0 Å². The summed E-state index contributed by atoms with van der Waals surface area (Å²) in [5.41, 5.74) is 0. The largest absolute Gasteiger partial charge is 0.392 e. The van der Waals surface area contributed by atoms with Gasteiger partial charge < -0.3 is 10.0 Å². The van der Waals surface area contributed by atoms with Gasteiger partial charge in [0.05, 0.1) is 12.1 Å². The molecule has 0 radical (unpaired) electrons. The van der Waals surface area contributed by atoms with Crippen molar-refractivity contribution < 1.29 is 9.90 Å². The molecule has 0 aromatic rings. The van der Waals surface area contributed by atoms with Gasteiger partial charge in [-0.25, -0.2) is 0 Å². The van der Waals surface area contributed by atoms with Crippen LogP contribution in [0.3, 0.4) is 0 Å². The van der Waals surface area contributed by atoms with Gasteiger partial charge >= 0.3 is 0 Å². The number of carbonyl (C=O) groups is 1. The number of amides is 1. The minimum Gasteiger partial charge on any atom is -0.392 e. The Morgan fingerprint density at radius 3 is 2.33 bits per heavy atom. The van der Waals surface area contributed by atoms with Crippen LogP contribution < -0.4 is 0 Å². The number of aliphatic hydroxyl groups excluding tert-OH is 1. The molecule has 4 nitrogen and oxygen atoms in total. The monoisotopic (exact) mass is 214 g/mol. The second-order valence-corrected chi connectivity index (χ2v) is 4.75. The van der Waals surface area contributed by atoms with Crippen molar-refractivity contribution >= 4 is 5.91 Å². The lowest BCUT2D eigenvalue weighted by molar-refractivity contribution is -0.133. The minimum atomic E-state index is -0.271. The van der Waals surface area contributed by atoms with E-state index >= 15 is 0 Å². The van der Waals surface area contributed by atoms with Crippen molar-refractivity contribution in [1.82, 2.24) is 9.80 Å². The Morgan fingerprint density at radius 2 is 1.93 bits per heavy atom. The number of aliphatic hydroxyl groups is 1. The molecule has 0 bridgehead atoms. The van der Waals surface area contributed by atoms with Gasteiger partial charge in [-0.05, 0) is 32.7 Å². The van der Waals surface area contributed by atoms with Gasteiger partial charge in [0.25, 0.3) is 0 Å². The molecular weight excluding hydrogens is 192 g/mol. The molecule has 1 N–H and O–H groups in total. The van der Waals surface area contributed by atoms with Gasteiger partial charge in [0.1, 0.15) is 0 Å². The molecule has 0 heterocycles. The summed E-state index contributed by atoms with van der Waals surface area (Å²) < 4.78 is 0. The zero-order valence-corrected chi connectivity index (χ0v) is 10.1. The van der Waals surface area contributed by atoms with Crippen LogP contribution in [-0.2, 0) is 4.79 Å². The van der Waals surface area contributed by atoms with E-state index in [1.807, 2.05) is 18.9 Å². The lowest BCUT2D eigenvalue weighted by Crippen LogP contribution is -2.45. The first-order valence-electron chi connectivity index (χ1n) is 5.53. The number of likely N-dealkylation sites (N-methyl/N-ethyl adjacent to an activating group) is 2. The van der Waals surface area contributed by atoms with Crippen molar-refractivity contribution in [2.75, 3.05) is 27.7 Å². The first kappa shape index (κ1) is 12.5. The maximum absolute atomic E-state index is 11.7. The average Bonchev–Trinajstić information content (AvgIpc) is 2.98. The fraction of sp³-hybridized carbons (Fsp3) is 0.909. The summed E-state index contributed by atoms with van der Waals surface area (Å²) in [7, 11) is 5.39. The van der Waals surface area contributed by atoms with Crippen LogP contribution in [0.4, 0.5) is 0 Å². The second-order valence-electron chi connectivity index (χ2n) is 4.75. The summed E-state index contributed by atoms with van der Waals surface area (Å²) in [6.45, 7) is 2.47. The molecule has 0 aromatic carbocycles. The Labute approximate surface area is 91.9 Å². The maximum Gasteiger partial charge on any atom is 0.239 e. The molecule has 1 fully saturated rings. The zero-order chi connectivity index (χ0) is 11.6. The van der Waals surface area contributed by atoms with Crippen LogP contribution in [0.5, 0.6) is 0 Å². The van der Waals surface area contributed by atoms with E-state index in [9.17, 15) is 9.90 Å². The summed E-state index contributed by atoms with van der Waals surface area (Å²) in [6.07, 6.45) is 1.99. The van der Waals surface area contributed by atoms with Crippen LogP contribution in [-0.4, -0.2) is 60.6 Å². The summed E-state index contributed by atoms with van der Waals surface area (Å²) in [5, 5.41) is 9.76. The van der Waals surface area contributed by atoms with Crippen LogP contribution in [0.15, 0.2) is 0 Å². The lowest BCUT2D eigenvalue weighted by Gasteiger charge is -2.28. The Balaban J connectivity index is 2.37. The maximum atomic E-state index is 11.7. The molecule has 0 aliphatic heterocycles. The highest BCUT2D eigenvalue weighted by Gasteiger charge is 2.32. The highest BCUT2D eigenvalue weighted by molar-refractivity contribution is 5.80. The highest BCUT2D eigenvalue weighted by Crippen LogP contribution is 2.32. The first-order chi connectivity index (χ1) is 6.93. The van der Waals surface area contributed by atoms with Crippen LogP contribution >= 0.6 is 0 Å². The summed E-state index contributed by atoms with van der Waals surface area (Å²) >= 11 is 0. The van der Waals surface area contributed by atoms with Crippen LogP contribution in [0.2, 0.25) is 0 Å². The van der Waals surface area contributed by atoms with Gasteiger partial charge in [0, 0.05) is 20.6 Å². The van der Waals surface area contributed by atoms with Gasteiger partial charge in [-0.1, -0.05) is 0 Å². The van der Waals surface area contributed by atoms with Crippen molar-refractivity contribution in [2.24, 2.45) is 5.92 Å². The van der Waals surface area contributed by atoms with E-state index < -0.39 is 0 Å². The fourth-order valence-corrected chi connectivity index (χ4v) is 1.65. The topological polar surface area (TPSA) is 43.8 Å².